The number of ketones is 1. The number of aromatic nitrogens is 2. The maximum Gasteiger partial charge on any atom is 0.336 e. The first-order valence-electron chi connectivity index (χ1n) is 17.5. The Morgan fingerprint density at radius 1 is 0.623 bits per heavy atom. The number of pyridine rings is 2. The van der Waals surface area contributed by atoms with Gasteiger partial charge in [-0.3, -0.25) is 4.79 Å². The van der Waals surface area contributed by atoms with Crippen molar-refractivity contribution < 1.29 is 14.7 Å². The Hall–Kier alpha value is -4.70. The molecule has 0 saturated heterocycles. The number of Topliss-reactive ketones (excluding diaryl/α,β-unsaturated/α-hetero) is 1. The van der Waals surface area contributed by atoms with Crippen LogP contribution >= 0.6 is 23.2 Å². The largest absolute Gasteiger partial charge is 0.478 e. The van der Waals surface area contributed by atoms with Crippen molar-refractivity contribution in [2.24, 2.45) is 5.73 Å². The minimum atomic E-state index is -0.975. The number of carbonyl (C=O) groups excluding carboxylic acids is 1. The Labute approximate surface area is 322 Å². The van der Waals surface area contributed by atoms with Crippen LogP contribution in [0.3, 0.4) is 0 Å². The van der Waals surface area contributed by atoms with E-state index in [0.717, 1.165) is 72.2 Å². The summed E-state index contributed by atoms with van der Waals surface area (Å²) in [5.74, 6) is -0.812. The van der Waals surface area contributed by atoms with Crippen molar-refractivity contribution in [3.63, 3.8) is 0 Å². The molecule has 0 spiro atoms. The zero-order valence-electron chi connectivity index (χ0n) is 30.7. The molecule has 0 saturated carbocycles. The monoisotopic (exact) mass is 751 g/mol. The van der Waals surface area contributed by atoms with E-state index in [9.17, 15) is 14.7 Å². The Morgan fingerprint density at radius 2 is 1.08 bits per heavy atom. The van der Waals surface area contributed by atoms with Gasteiger partial charge in [-0.05, 0) is 103 Å². The van der Waals surface area contributed by atoms with Gasteiger partial charge in [0.2, 0.25) is 0 Å². The molecule has 0 aliphatic heterocycles. The van der Waals surface area contributed by atoms with E-state index in [1.54, 1.807) is 24.3 Å². The van der Waals surface area contributed by atoms with Gasteiger partial charge in [-0.25, -0.2) is 14.8 Å². The lowest BCUT2D eigenvalue weighted by Gasteiger charge is -2.11. The number of carbonyl (C=O) groups is 2. The smallest absolute Gasteiger partial charge is 0.336 e. The van der Waals surface area contributed by atoms with E-state index in [4.69, 9.17) is 33.9 Å². The van der Waals surface area contributed by atoms with Crippen molar-refractivity contribution in [3.8, 4) is 22.5 Å². The summed E-state index contributed by atoms with van der Waals surface area (Å²) in [6.45, 7) is 2.91. The van der Waals surface area contributed by atoms with Crippen LogP contribution in [0.25, 0.3) is 44.3 Å². The van der Waals surface area contributed by atoms with Gasteiger partial charge in [0.15, 0.2) is 5.78 Å². The summed E-state index contributed by atoms with van der Waals surface area (Å²) in [5.41, 5.74) is 10.8. The number of carboxylic acid groups (broad SMARTS) is 1. The number of unbranched alkanes of at least 4 members (excludes halogenated alkanes) is 1. The maximum atomic E-state index is 12.9. The molecule has 0 aliphatic rings. The van der Waals surface area contributed by atoms with Gasteiger partial charge < -0.3 is 20.6 Å². The molecule has 53 heavy (non-hydrogen) atoms. The highest BCUT2D eigenvalue weighted by Crippen LogP contribution is 2.29. The second-order valence-corrected chi connectivity index (χ2v) is 14.0. The summed E-state index contributed by atoms with van der Waals surface area (Å²) < 4.78 is 0. The number of rotatable bonds is 12. The number of nitrogens with two attached hydrogens (primary N) is 1. The molecule has 276 valence electrons. The second kappa shape index (κ2) is 20.5. The van der Waals surface area contributed by atoms with Gasteiger partial charge in [0.05, 0.1) is 28.0 Å². The van der Waals surface area contributed by atoms with Crippen LogP contribution in [0.1, 0.15) is 46.4 Å². The second-order valence-electron chi connectivity index (χ2n) is 13.1. The summed E-state index contributed by atoms with van der Waals surface area (Å²) in [5, 5.41) is 12.0. The zero-order chi connectivity index (χ0) is 38.3. The van der Waals surface area contributed by atoms with Gasteiger partial charge in [-0.1, -0.05) is 96.0 Å². The Balaban J connectivity index is 0.000000205. The van der Waals surface area contributed by atoms with Crippen LogP contribution in [0, 0.1) is 0 Å². The molecule has 3 N–H and O–H groups in total. The van der Waals surface area contributed by atoms with Crippen LogP contribution in [-0.4, -0.2) is 84.5 Å². The predicted molar refractivity (Wildman–Crippen MR) is 220 cm³/mol. The molecule has 8 nitrogen and oxygen atoms in total. The van der Waals surface area contributed by atoms with Gasteiger partial charge >= 0.3 is 5.97 Å². The number of carboxylic acids is 1. The van der Waals surface area contributed by atoms with E-state index >= 15 is 0 Å². The number of hydrogen-bond donors (Lipinski definition) is 2. The lowest BCUT2D eigenvalue weighted by atomic mass is 9.98. The predicted octanol–water partition coefficient (Wildman–Crippen LogP) is 9.62. The molecule has 4 aromatic carbocycles. The SMILES string of the molecule is CN(C)CCCCC(=O)c1cc(-c2ccccc2)nc2cc(Cl)ccc12.CN(C)CCCN.O=C(O)c1cc(-c2ccccc2)nc2cc(Cl)ccc12. The Kier molecular flexibility index (Phi) is 15.9. The van der Waals surface area contributed by atoms with Crippen LogP contribution in [0.2, 0.25) is 10.0 Å². The fraction of sp³-hybridized carbons (Fsp3) is 0.256. The van der Waals surface area contributed by atoms with E-state index in [2.05, 4.69) is 28.9 Å². The third kappa shape index (κ3) is 12.4. The summed E-state index contributed by atoms with van der Waals surface area (Å²) >= 11 is 12.1. The lowest BCUT2D eigenvalue weighted by Crippen LogP contribution is -2.16. The highest BCUT2D eigenvalue weighted by atomic mass is 35.5. The fourth-order valence-corrected chi connectivity index (χ4v) is 5.91. The van der Waals surface area contributed by atoms with Crippen molar-refractivity contribution in [2.45, 2.75) is 25.7 Å². The quantitative estimate of drug-likeness (QED) is 0.0939. The molecule has 0 atom stereocenters. The molecular formula is C43H47Cl2N5O3. The minimum Gasteiger partial charge on any atom is -0.478 e. The summed E-state index contributed by atoms with van der Waals surface area (Å²) in [6.07, 6.45) is 3.55. The van der Waals surface area contributed by atoms with Gasteiger partial charge in [-0.2, -0.15) is 0 Å². The molecule has 2 heterocycles. The number of aromatic carboxylic acids is 1. The summed E-state index contributed by atoms with van der Waals surface area (Å²) in [4.78, 5) is 37.8. The maximum absolute atomic E-state index is 12.9. The number of nitrogens with zero attached hydrogens (tertiary/aromatic N) is 4. The van der Waals surface area contributed by atoms with Crippen molar-refractivity contribution in [1.29, 1.82) is 0 Å². The minimum absolute atomic E-state index is 0.163. The highest BCUT2D eigenvalue weighted by Gasteiger charge is 2.15. The molecule has 2 aromatic heterocycles. The van der Waals surface area contributed by atoms with E-state index in [1.165, 1.54) is 0 Å². The van der Waals surface area contributed by atoms with Gasteiger partial charge in [-0.15, -0.1) is 0 Å². The van der Waals surface area contributed by atoms with Crippen LogP contribution in [0.5, 0.6) is 0 Å². The van der Waals surface area contributed by atoms with Gasteiger partial charge in [0.25, 0.3) is 0 Å². The van der Waals surface area contributed by atoms with Crippen molar-refractivity contribution in [2.75, 3.05) is 47.8 Å². The molecular weight excluding hydrogens is 705 g/mol. The first-order valence-corrected chi connectivity index (χ1v) is 18.3. The van der Waals surface area contributed by atoms with Crippen molar-refractivity contribution >= 4 is 56.8 Å². The van der Waals surface area contributed by atoms with Gasteiger partial charge in [0.1, 0.15) is 0 Å². The third-order valence-electron chi connectivity index (χ3n) is 8.28. The molecule has 0 fully saturated rings. The molecule has 0 radical (unpaired) electrons. The molecule has 0 bridgehead atoms. The number of fused-ring (bicyclic) bond motifs is 2. The van der Waals surface area contributed by atoms with Crippen LogP contribution in [0.4, 0.5) is 0 Å². The van der Waals surface area contributed by atoms with Crippen molar-refractivity contribution in [1.82, 2.24) is 19.8 Å². The number of benzene rings is 4. The molecule has 0 unspecified atom stereocenters. The molecule has 6 rings (SSSR count). The molecule has 0 aliphatic carbocycles. The van der Waals surface area contributed by atoms with E-state index in [1.807, 2.05) is 99.0 Å². The number of hydrogen-bond acceptors (Lipinski definition) is 7. The van der Waals surface area contributed by atoms with Gasteiger partial charge in [0, 0.05) is 43.9 Å². The molecule has 6 aromatic rings. The fourth-order valence-electron chi connectivity index (χ4n) is 5.58. The van der Waals surface area contributed by atoms with Crippen LogP contribution in [0.15, 0.2) is 109 Å². The first kappa shape index (κ1) is 41.1. The van der Waals surface area contributed by atoms with E-state index in [-0.39, 0.29) is 11.3 Å². The van der Waals surface area contributed by atoms with Crippen LogP contribution in [-0.2, 0) is 0 Å². The third-order valence-corrected chi connectivity index (χ3v) is 8.75. The highest BCUT2D eigenvalue weighted by molar-refractivity contribution is 6.31. The zero-order valence-corrected chi connectivity index (χ0v) is 32.2. The molecule has 10 heteroatoms. The summed E-state index contributed by atoms with van der Waals surface area (Å²) in [6, 6.07) is 33.5. The lowest BCUT2D eigenvalue weighted by molar-refractivity contribution is 0.0698. The standard InChI is InChI=1S/C22H23ClN2O.C16H10ClNO2.C5H14N2/c1-25(2)13-7-6-10-22(26)19-15-20(16-8-4-3-5-9-16)24-21-14-17(23)11-12-18(19)21;17-11-6-7-12-13(16(19)20)9-14(18-15(12)8-11)10-4-2-1-3-5-10;1-7(2)5-3-4-6/h3-5,8-9,11-12,14-15H,6-7,10,13H2,1-2H3;1-9H,(H,19,20);3-6H2,1-2H3. The number of halogens is 2. The van der Waals surface area contributed by atoms with Crippen molar-refractivity contribution in [3.05, 3.63) is 130 Å². The van der Waals surface area contributed by atoms with E-state index < -0.39 is 5.97 Å². The topological polar surface area (TPSA) is 113 Å². The average molecular weight is 753 g/mol. The molecule has 0 amide bonds. The average Bonchev–Trinajstić information content (AvgIpc) is 3.15. The first-order chi connectivity index (χ1) is 25.5. The Bertz CT molecular complexity index is 2110. The Morgan fingerprint density at radius 3 is 1.51 bits per heavy atom. The normalized spacial score (nSPS) is 10.9. The summed E-state index contributed by atoms with van der Waals surface area (Å²) in [7, 11) is 8.20. The van der Waals surface area contributed by atoms with E-state index in [0.29, 0.717) is 33.1 Å². The van der Waals surface area contributed by atoms with Crippen LogP contribution < -0.4 is 5.73 Å².